The van der Waals surface area contributed by atoms with Crippen molar-refractivity contribution in [1.29, 1.82) is 0 Å². The quantitative estimate of drug-likeness (QED) is 0.792. The van der Waals surface area contributed by atoms with Crippen molar-refractivity contribution in [2.45, 2.75) is 13.5 Å². The summed E-state index contributed by atoms with van der Waals surface area (Å²) in [6.45, 7) is 5.58. The van der Waals surface area contributed by atoms with Crippen molar-refractivity contribution >= 4 is 17.3 Å². The van der Waals surface area contributed by atoms with E-state index in [2.05, 4.69) is 4.90 Å². The monoisotopic (exact) mass is 256 g/mol. The minimum Gasteiger partial charge on any atom is -0.507 e. The summed E-state index contributed by atoms with van der Waals surface area (Å²) in [4.78, 5) is 2.20. The SMILES string of the molecule is Cc1cc(Cl)c(N)c(CN2CCOCC2)c1O. The first-order valence-electron chi connectivity index (χ1n) is 5.66. The first-order valence-corrected chi connectivity index (χ1v) is 6.04. The van der Waals surface area contributed by atoms with Gasteiger partial charge in [0, 0.05) is 25.2 Å². The van der Waals surface area contributed by atoms with E-state index in [1.54, 1.807) is 6.07 Å². The summed E-state index contributed by atoms with van der Waals surface area (Å²) in [6.07, 6.45) is 0. The zero-order chi connectivity index (χ0) is 12.4. The van der Waals surface area contributed by atoms with Gasteiger partial charge in [-0.05, 0) is 18.6 Å². The van der Waals surface area contributed by atoms with Crippen LogP contribution in [0.5, 0.6) is 5.75 Å². The number of ether oxygens (including phenoxy) is 1. The standard InChI is InChI=1S/C12H17ClN2O2/c1-8-6-10(13)11(14)9(12(8)16)7-15-2-4-17-5-3-15/h6,16H,2-5,7,14H2,1H3. The van der Waals surface area contributed by atoms with Crippen molar-refractivity contribution in [3.05, 3.63) is 22.2 Å². The van der Waals surface area contributed by atoms with E-state index in [0.29, 0.717) is 17.3 Å². The molecule has 0 aliphatic carbocycles. The molecule has 5 heteroatoms. The van der Waals surface area contributed by atoms with Gasteiger partial charge in [0.1, 0.15) is 5.75 Å². The zero-order valence-corrected chi connectivity index (χ0v) is 10.6. The number of hydrogen-bond acceptors (Lipinski definition) is 4. The normalized spacial score (nSPS) is 17.3. The number of benzene rings is 1. The Morgan fingerprint density at radius 3 is 2.76 bits per heavy atom. The Morgan fingerprint density at radius 1 is 1.47 bits per heavy atom. The van der Waals surface area contributed by atoms with Crippen LogP contribution in [0.15, 0.2) is 6.07 Å². The molecule has 1 aromatic carbocycles. The molecule has 17 heavy (non-hydrogen) atoms. The average Bonchev–Trinajstić information content (AvgIpc) is 2.33. The second-order valence-corrected chi connectivity index (χ2v) is 4.71. The van der Waals surface area contributed by atoms with Gasteiger partial charge in [0.15, 0.2) is 0 Å². The Morgan fingerprint density at radius 2 is 2.12 bits per heavy atom. The molecule has 1 aromatic rings. The smallest absolute Gasteiger partial charge is 0.125 e. The number of phenols is 1. The van der Waals surface area contributed by atoms with Gasteiger partial charge in [-0.15, -0.1) is 0 Å². The maximum Gasteiger partial charge on any atom is 0.125 e. The summed E-state index contributed by atoms with van der Waals surface area (Å²) < 4.78 is 5.28. The molecule has 0 aromatic heterocycles. The van der Waals surface area contributed by atoms with E-state index < -0.39 is 0 Å². The van der Waals surface area contributed by atoms with Gasteiger partial charge in [-0.25, -0.2) is 0 Å². The Bertz CT molecular complexity index is 391. The minimum absolute atomic E-state index is 0.249. The van der Waals surface area contributed by atoms with Gasteiger partial charge in [0.25, 0.3) is 0 Å². The molecule has 0 unspecified atom stereocenters. The van der Waals surface area contributed by atoms with E-state index in [-0.39, 0.29) is 5.75 Å². The zero-order valence-electron chi connectivity index (χ0n) is 9.87. The Balaban J connectivity index is 2.24. The van der Waals surface area contributed by atoms with E-state index in [1.165, 1.54) is 0 Å². The summed E-state index contributed by atoms with van der Waals surface area (Å²) in [5.74, 6) is 0.249. The second kappa shape index (κ2) is 5.12. The number of nitrogens with two attached hydrogens (primary N) is 1. The van der Waals surface area contributed by atoms with Gasteiger partial charge in [-0.1, -0.05) is 11.6 Å². The highest BCUT2D eigenvalue weighted by molar-refractivity contribution is 6.33. The van der Waals surface area contributed by atoms with Crippen molar-refractivity contribution in [1.82, 2.24) is 4.90 Å². The van der Waals surface area contributed by atoms with Crippen LogP contribution < -0.4 is 5.73 Å². The van der Waals surface area contributed by atoms with Crippen LogP contribution in [0.25, 0.3) is 0 Å². The third-order valence-electron chi connectivity index (χ3n) is 3.07. The minimum atomic E-state index is 0.249. The summed E-state index contributed by atoms with van der Waals surface area (Å²) >= 11 is 6.03. The number of nitrogen functional groups attached to an aromatic ring is 1. The molecule has 2 rings (SSSR count). The van der Waals surface area contributed by atoms with Crippen molar-refractivity contribution in [2.75, 3.05) is 32.0 Å². The van der Waals surface area contributed by atoms with E-state index in [0.717, 1.165) is 37.4 Å². The first kappa shape index (κ1) is 12.5. The van der Waals surface area contributed by atoms with E-state index in [9.17, 15) is 5.11 Å². The highest BCUT2D eigenvalue weighted by Crippen LogP contribution is 2.34. The van der Waals surface area contributed by atoms with Gasteiger partial charge < -0.3 is 15.6 Å². The molecule has 0 radical (unpaired) electrons. The fourth-order valence-corrected chi connectivity index (χ4v) is 2.27. The summed E-state index contributed by atoms with van der Waals surface area (Å²) in [5.41, 5.74) is 7.87. The van der Waals surface area contributed by atoms with Crippen LogP contribution in [0.2, 0.25) is 5.02 Å². The van der Waals surface area contributed by atoms with Crippen LogP contribution in [0.1, 0.15) is 11.1 Å². The molecule has 1 aliphatic heterocycles. The Kier molecular flexibility index (Phi) is 3.76. The lowest BCUT2D eigenvalue weighted by atomic mass is 10.1. The predicted octanol–water partition coefficient (Wildman–Crippen LogP) is 1.77. The highest BCUT2D eigenvalue weighted by Gasteiger charge is 2.17. The summed E-state index contributed by atoms with van der Waals surface area (Å²) in [5, 5.41) is 10.5. The highest BCUT2D eigenvalue weighted by atomic mass is 35.5. The molecule has 1 fully saturated rings. The number of halogens is 1. The molecule has 1 heterocycles. The van der Waals surface area contributed by atoms with Gasteiger partial charge >= 0.3 is 0 Å². The average molecular weight is 257 g/mol. The molecular formula is C12H17ClN2O2. The first-order chi connectivity index (χ1) is 8.09. The maximum absolute atomic E-state index is 10.0. The summed E-state index contributed by atoms with van der Waals surface area (Å²) in [6, 6.07) is 1.69. The maximum atomic E-state index is 10.0. The molecule has 0 bridgehead atoms. The molecule has 0 atom stereocenters. The fraction of sp³-hybridized carbons (Fsp3) is 0.500. The van der Waals surface area contributed by atoms with Crippen LogP contribution in [-0.4, -0.2) is 36.3 Å². The number of phenolic OH excluding ortho intramolecular Hbond substituents is 1. The fourth-order valence-electron chi connectivity index (χ4n) is 1.99. The molecule has 0 amide bonds. The lowest BCUT2D eigenvalue weighted by Crippen LogP contribution is -2.35. The van der Waals surface area contributed by atoms with Gasteiger partial charge in [-0.3, -0.25) is 4.90 Å². The van der Waals surface area contributed by atoms with E-state index in [1.807, 2.05) is 6.92 Å². The van der Waals surface area contributed by atoms with Gasteiger partial charge in [-0.2, -0.15) is 0 Å². The van der Waals surface area contributed by atoms with Crippen LogP contribution in [0.4, 0.5) is 5.69 Å². The number of anilines is 1. The van der Waals surface area contributed by atoms with Crippen LogP contribution in [0, 0.1) is 6.92 Å². The molecule has 3 N–H and O–H groups in total. The molecule has 0 spiro atoms. The van der Waals surface area contributed by atoms with Crippen molar-refractivity contribution in [3.63, 3.8) is 0 Å². The second-order valence-electron chi connectivity index (χ2n) is 4.30. The van der Waals surface area contributed by atoms with Gasteiger partial charge in [0.05, 0.1) is 23.9 Å². The third kappa shape index (κ3) is 2.65. The number of morpholine rings is 1. The molecule has 0 saturated carbocycles. The van der Waals surface area contributed by atoms with Crippen molar-refractivity contribution in [3.8, 4) is 5.75 Å². The summed E-state index contributed by atoms with van der Waals surface area (Å²) in [7, 11) is 0. The van der Waals surface area contributed by atoms with Crippen LogP contribution in [0.3, 0.4) is 0 Å². The van der Waals surface area contributed by atoms with Crippen LogP contribution >= 0.6 is 11.6 Å². The number of hydrogen-bond donors (Lipinski definition) is 2. The molecule has 1 aliphatic rings. The van der Waals surface area contributed by atoms with E-state index >= 15 is 0 Å². The van der Waals surface area contributed by atoms with Gasteiger partial charge in [0.2, 0.25) is 0 Å². The lowest BCUT2D eigenvalue weighted by Gasteiger charge is -2.27. The molecule has 94 valence electrons. The topological polar surface area (TPSA) is 58.7 Å². The van der Waals surface area contributed by atoms with Crippen molar-refractivity contribution in [2.24, 2.45) is 0 Å². The van der Waals surface area contributed by atoms with Crippen LogP contribution in [-0.2, 0) is 11.3 Å². The number of aryl methyl sites for hydroxylation is 1. The Hall–Kier alpha value is -0.970. The van der Waals surface area contributed by atoms with Crippen molar-refractivity contribution < 1.29 is 9.84 Å². The predicted molar refractivity (Wildman–Crippen MR) is 68.4 cm³/mol. The number of nitrogens with zero attached hydrogens (tertiary/aromatic N) is 1. The van der Waals surface area contributed by atoms with E-state index in [4.69, 9.17) is 22.1 Å². The molecule has 1 saturated heterocycles. The Labute approximate surface area is 106 Å². The largest absolute Gasteiger partial charge is 0.507 e. The molecule has 4 nitrogen and oxygen atoms in total. The lowest BCUT2D eigenvalue weighted by molar-refractivity contribution is 0.0339. The number of rotatable bonds is 2. The third-order valence-corrected chi connectivity index (χ3v) is 3.38. The molecular weight excluding hydrogens is 240 g/mol. The number of aromatic hydroxyl groups is 1.